The lowest BCUT2D eigenvalue weighted by Crippen LogP contribution is -2.41. The molecule has 0 fully saturated rings. The van der Waals surface area contributed by atoms with Crippen LogP contribution >= 0.6 is 17.0 Å². The third-order valence-corrected chi connectivity index (χ3v) is 4.52. The van der Waals surface area contributed by atoms with Crippen molar-refractivity contribution in [1.82, 2.24) is 4.90 Å². The summed E-state index contributed by atoms with van der Waals surface area (Å²) in [4.78, 5) is 1.71. The van der Waals surface area contributed by atoms with Gasteiger partial charge in [0.1, 0.15) is 11.5 Å². The number of benzene rings is 2. The number of aryl methyl sites for hydroxylation is 1. The lowest BCUT2D eigenvalue weighted by molar-refractivity contribution is -0.0972. The van der Waals surface area contributed by atoms with Crippen molar-refractivity contribution in [2.45, 2.75) is 31.6 Å². The molecular formula is C20H24BrFN2O2. The number of nitrogens with zero attached hydrogens (tertiary/aromatic N) is 2. The van der Waals surface area contributed by atoms with Gasteiger partial charge in [0, 0.05) is 0 Å². The first-order valence-corrected chi connectivity index (χ1v) is 8.19. The van der Waals surface area contributed by atoms with E-state index in [0.29, 0.717) is 30.4 Å². The summed E-state index contributed by atoms with van der Waals surface area (Å²) >= 11 is 0. The van der Waals surface area contributed by atoms with Gasteiger partial charge in [-0.2, -0.15) is 5.26 Å². The highest BCUT2D eigenvalue weighted by molar-refractivity contribution is 8.93. The minimum Gasteiger partial charge on any atom is -0.392 e. The second-order valence-electron chi connectivity index (χ2n) is 6.32. The zero-order valence-corrected chi connectivity index (χ0v) is 16.7. The predicted molar refractivity (Wildman–Crippen MR) is 104 cm³/mol. The number of nitriles is 1. The molecule has 0 heterocycles. The SMILES string of the molecule is Br.CN(C)C(O)(CCCc1ccc(C#N)cc1CO)c1ccc(F)cc1. The van der Waals surface area contributed by atoms with Crippen LogP contribution in [0.1, 0.15) is 35.1 Å². The first-order valence-electron chi connectivity index (χ1n) is 8.19. The Morgan fingerprint density at radius 1 is 1.12 bits per heavy atom. The van der Waals surface area contributed by atoms with E-state index in [9.17, 15) is 14.6 Å². The number of aliphatic hydroxyl groups excluding tert-OH is 1. The average Bonchev–Trinajstić information content (AvgIpc) is 2.62. The second kappa shape index (κ2) is 9.79. The van der Waals surface area contributed by atoms with E-state index in [1.165, 1.54) is 12.1 Å². The monoisotopic (exact) mass is 422 g/mol. The van der Waals surface area contributed by atoms with Gasteiger partial charge in [0.25, 0.3) is 0 Å². The molecule has 0 amide bonds. The molecule has 0 saturated heterocycles. The van der Waals surface area contributed by atoms with Crippen LogP contribution in [0.5, 0.6) is 0 Å². The predicted octanol–water partition coefficient (Wildman–Crippen LogP) is 3.50. The van der Waals surface area contributed by atoms with Crippen LogP contribution in [0, 0.1) is 17.1 Å². The lowest BCUT2D eigenvalue weighted by Gasteiger charge is -2.35. The van der Waals surface area contributed by atoms with Crippen molar-refractivity contribution in [3.8, 4) is 6.07 Å². The van der Waals surface area contributed by atoms with Gasteiger partial charge in [-0.25, -0.2) is 4.39 Å². The molecule has 0 radical (unpaired) electrons. The fraction of sp³-hybridized carbons (Fsp3) is 0.350. The van der Waals surface area contributed by atoms with E-state index < -0.39 is 5.72 Å². The molecule has 0 aliphatic heterocycles. The highest BCUT2D eigenvalue weighted by Crippen LogP contribution is 2.30. The molecule has 1 atom stereocenters. The largest absolute Gasteiger partial charge is 0.392 e. The van der Waals surface area contributed by atoms with Gasteiger partial charge in [-0.3, -0.25) is 4.90 Å². The second-order valence-corrected chi connectivity index (χ2v) is 6.32. The van der Waals surface area contributed by atoms with E-state index >= 15 is 0 Å². The molecule has 0 bridgehead atoms. The Labute approximate surface area is 164 Å². The van der Waals surface area contributed by atoms with E-state index in [0.717, 1.165) is 11.1 Å². The maximum atomic E-state index is 13.2. The molecule has 2 aromatic rings. The maximum absolute atomic E-state index is 13.2. The fourth-order valence-corrected chi connectivity index (χ4v) is 2.95. The summed E-state index contributed by atoms with van der Waals surface area (Å²) in [6.45, 7) is -0.124. The van der Waals surface area contributed by atoms with Crippen LogP contribution in [-0.4, -0.2) is 29.2 Å². The van der Waals surface area contributed by atoms with Crippen LogP contribution in [0.3, 0.4) is 0 Å². The highest BCUT2D eigenvalue weighted by atomic mass is 79.9. The van der Waals surface area contributed by atoms with Gasteiger partial charge in [-0.15, -0.1) is 17.0 Å². The molecule has 0 aliphatic rings. The van der Waals surface area contributed by atoms with Gasteiger partial charge in [0.15, 0.2) is 0 Å². The molecule has 6 heteroatoms. The van der Waals surface area contributed by atoms with Crippen molar-refractivity contribution >= 4 is 17.0 Å². The Bertz CT molecular complexity index is 759. The van der Waals surface area contributed by atoms with Crippen molar-refractivity contribution in [3.63, 3.8) is 0 Å². The Hall–Kier alpha value is -1.78. The molecule has 0 aromatic heterocycles. The number of hydrogen-bond acceptors (Lipinski definition) is 4. The Balaban J connectivity index is 0.00000338. The van der Waals surface area contributed by atoms with E-state index in [1.807, 2.05) is 6.07 Å². The summed E-state index contributed by atoms with van der Waals surface area (Å²) in [6, 6.07) is 13.2. The van der Waals surface area contributed by atoms with Crippen molar-refractivity contribution in [1.29, 1.82) is 5.26 Å². The van der Waals surface area contributed by atoms with Crippen molar-refractivity contribution in [2.24, 2.45) is 0 Å². The Morgan fingerprint density at radius 2 is 1.77 bits per heavy atom. The van der Waals surface area contributed by atoms with Crippen molar-refractivity contribution in [2.75, 3.05) is 14.1 Å². The van der Waals surface area contributed by atoms with Crippen molar-refractivity contribution in [3.05, 3.63) is 70.5 Å². The van der Waals surface area contributed by atoms with Crippen LogP contribution < -0.4 is 0 Å². The molecule has 4 nitrogen and oxygen atoms in total. The summed E-state index contributed by atoms with van der Waals surface area (Å²) in [5.41, 5.74) is 1.65. The Morgan fingerprint density at radius 3 is 2.31 bits per heavy atom. The van der Waals surface area contributed by atoms with E-state index in [2.05, 4.69) is 6.07 Å². The number of halogens is 2. The van der Waals surface area contributed by atoms with Gasteiger partial charge in [0.2, 0.25) is 0 Å². The van der Waals surface area contributed by atoms with Gasteiger partial charge in [0.05, 0.1) is 18.2 Å². The molecule has 0 spiro atoms. The molecule has 2 aromatic carbocycles. The van der Waals surface area contributed by atoms with Gasteiger partial charge < -0.3 is 10.2 Å². The van der Waals surface area contributed by atoms with Crippen LogP contribution in [0.25, 0.3) is 0 Å². The first-order chi connectivity index (χ1) is 11.9. The smallest absolute Gasteiger partial charge is 0.144 e. The summed E-state index contributed by atoms with van der Waals surface area (Å²) in [7, 11) is 3.56. The lowest BCUT2D eigenvalue weighted by atomic mass is 9.93. The van der Waals surface area contributed by atoms with E-state index in [4.69, 9.17) is 5.26 Å². The van der Waals surface area contributed by atoms with Gasteiger partial charge >= 0.3 is 0 Å². The number of aliphatic hydroxyl groups is 2. The first kappa shape index (κ1) is 22.3. The summed E-state index contributed by atoms with van der Waals surface area (Å²) in [5.74, 6) is -0.338. The molecule has 2 rings (SSSR count). The molecular weight excluding hydrogens is 399 g/mol. The third-order valence-electron chi connectivity index (χ3n) is 4.52. The molecule has 2 N–H and O–H groups in total. The Kier molecular flexibility index (Phi) is 8.38. The zero-order chi connectivity index (χ0) is 18.4. The van der Waals surface area contributed by atoms with Crippen molar-refractivity contribution < 1.29 is 14.6 Å². The quantitative estimate of drug-likeness (QED) is 0.670. The zero-order valence-electron chi connectivity index (χ0n) is 14.9. The fourth-order valence-electron chi connectivity index (χ4n) is 2.95. The van der Waals surface area contributed by atoms with Crippen LogP contribution in [0.15, 0.2) is 42.5 Å². The molecule has 140 valence electrons. The van der Waals surface area contributed by atoms with Gasteiger partial charge in [-0.05, 0) is 74.3 Å². The maximum Gasteiger partial charge on any atom is 0.144 e. The summed E-state index contributed by atoms with van der Waals surface area (Å²) < 4.78 is 13.2. The standard InChI is InChI=1S/C20H23FN2O2.BrH/c1-23(2)20(25,18-7-9-19(21)10-8-18)11-3-4-16-6-5-15(13-22)12-17(16)14-24;/h5-10,12,24-25H,3-4,11,14H2,1-2H3;1H. The third kappa shape index (κ3) is 5.12. The average molecular weight is 423 g/mol. The van der Waals surface area contributed by atoms with Crippen LogP contribution in [0.2, 0.25) is 0 Å². The van der Waals surface area contributed by atoms with Crippen LogP contribution in [-0.2, 0) is 18.8 Å². The molecule has 0 saturated carbocycles. The topological polar surface area (TPSA) is 67.5 Å². The molecule has 1 unspecified atom stereocenters. The summed E-state index contributed by atoms with van der Waals surface area (Å²) in [5, 5.41) is 29.5. The number of hydrogen-bond donors (Lipinski definition) is 2. The van der Waals surface area contributed by atoms with Gasteiger partial charge in [-0.1, -0.05) is 18.2 Å². The minimum atomic E-state index is -1.19. The molecule has 26 heavy (non-hydrogen) atoms. The normalized spacial score (nSPS) is 13.0. The number of rotatable bonds is 7. The molecule has 0 aliphatic carbocycles. The summed E-state index contributed by atoms with van der Waals surface area (Å²) in [6.07, 6.45) is 1.79. The van der Waals surface area contributed by atoms with Crippen LogP contribution in [0.4, 0.5) is 4.39 Å². The van der Waals surface area contributed by atoms with E-state index in [-0.39, 0.29) is 29.4 Å². The minimum absolute atomic E-state index is 0. The highest BCUT2D eigenvalue weighted by Gasteiger charge is 2.31. The van der Waals surface area contributed by atoms with E-state index in [1.54, 1.807) is 43.3 Å².